The normalized spacial score (nSPS) is 24.0. The molecule has 0 radical (unpaired) electrons. The van der Waals surface area contributed by atoms with Crippen LogP contribution in [0.3, 0.4) is 0 Å². The van der Waals surface area contributed by atoms with Crippen LogP contribution in [0.15, 0.2) is 12.4 Å². The third-order valence-electron chi connectivity index (χ3n) is 6.14. The van der Waals surface area contributed by atoms with E-state index in [0.717, 1.165) is 64.7 Å². The number of rotatable bonds is 5. The Morgan fingerprint density at radius 3 is 2.39 bits per heavy atom. The van der Waals surface area contributed by atoms with E-state index in [1.54, 1.807) is 19.4 Å². The molecule has 2 saturated heterocycles. The lowest BCUT2D eigenvalue weighted by Crippen LogP contribution is -2.51. The molecule has 1 aromatic heterocycles. The van der Waals surface area contributed by atoms with E-state index in [0.29, 0.717) is 23.6 Å². The predicted molar refractivity (Wildman–Crippen MR) is 106 cm³/mol. The molecule has 0 unspecified atom stereocenters. The van der Waals surface area contributed by atoms with Gasteiger partial charge >= 0.3 is 0 Å². The third-order valence-corrected chi connectivity index (χ3v) is 6.14. The molecule has 1 saturated carbocycles. The maximum Gasteiger partial charge on any atom is 0.256 e. The van der Waals surface area contributed by atoms with Crippen molar-refractivity contribution in [2.24, 2.45) is 5.92 Å². The minimum Gasteiger partial charge on any atom is -0.357 e. The summed E-state index contributed by atoms with van der Waals surface area (Å²) in [6.45, 7) is 3.40. The summed E-state index contributed by atoms with van der Waals surface area (Å²) in [5.74, 6) is 0.878. The van der Waals surface area contributed by atoms with Crippen LogP contribution in [0.1, 0.15) is 48.9 Å². The highest BCUT2D eigenvalue weighted by Crippen LogP contribution is 2.26. The molecule has 1 atom stereocenters. The van der Waals surface area contributed by atoms with E-state index in [4.69, 9.17) is 0 Å². The van der Waals surface area contributed by atoms with Gasteiger partial charge < -0.3 is 15.5 Å². The van der Waals surface area contributed by atoms with E-state index in [9.17, 15) is 9.59 Å². The van der Waals surface area contributed by atoms with Gasteiger partial charge in [0, 0.05) is 51.2 Å². The summed E-state index contributed by atoms with van der Waals surface area (Å²) in [6, 6.07) is 0.895. The summed E-state index contributed by atoms with van der Waals surface area (Å²) >= 11 is 0. The van der Waals surface area contributed by atoms with Gasteiger partial charge in [-0.2, -0.15) is 0 Å². The van der Waals surface area contributed by atoms with Crippen LogP contribution in [0.25, 0.3) is 0 Å². The third kappa shape index (κ3) is 4.43. The number of nitrogens with one attached hydrogen (secondary N) is 2. The highest BCUT2D eigenvalue weighted by atomic mass is 16.2. The highest BCUT2D eigenvalue weighted by Gasteiger charge is 2.34. The molecule has 3 heterocycles. The number of likely N-dealkylation sites (tertiary alicyclic amines) is 2. The fourth-order valence-electron chi connectivity index (χ4n) is 4.28. The lowest BCUT2D eigenvalue weighted by Gasteiger charge is -2.42. The molecular weight excluding hydrogens is 356 g/mol. The van der Waals surface area contributed by atoms with Gasteiger partial charge in [0.05, 0.1) is 11.5 Å². The number of aromatic nitrogens is 2. The van der Waals surface area contributed by atoms with E-state index < -0.39 is 0 Å². The Balaban J connectivity index is 1.28. The van der Waals surface area contributed by atoms with Crippen LogP contribution < -0.4 is 10.6 Å². The first kappa shape index (κ1) is 19.1. The first-order chi connectivity index (χ1) is 13.6. The number of piperidine rings is 2. The van der Waals surface area contributed by atoms with E-state index >= 15 is 0 Å². The molecular formula is C20H30N6O2. The zero-order valence-corrected chi connectivity index (χ0v) is 16.6. The summed E-state index contributed by atoms with van der Waals surface area (Å²) in [7, 11) is 1.75. The summed E-state index contributed by atoms with van der Waals surface area (Å²) in [5, 5.41) is 6.02. The molecule has 1 aliphatic carbocycles. The number of nitrogens with zero attached hydrogens (tertiary/aromatic N) is 4. The summed E-state index contributed by atoms with van der Waals surface area (Å²) in [4.78, 5) is 37.8. The minimum absolute atomic E-state index is 0.00133. The fourth-order valence-corrected chi connectivity index (χ4v) is 4.28. The van der Waals surface area contributed by atoms with Crippen LogP contribution >= 0.6 is 0 Å². The Kier molecular flexibility index (Phi) is 5.75. The first-order valence-corrected chi connectivity index (χ1v) is 10.5. The maximum atomic E-state index is 12.7. The van der Waals surface area contributed by atoms with Gasteiger partial charge in [-0.25, -0.2) is 9.97 Å². The second kappa shape index (κ2) is 8.43. The number of anilines is 1. The molecule has 8 nitrogen and oxygen atoms in total. The standard InChI is InChI=1S/C20H30N6O2/c1-21-20-22-11-15(12-23-20)19(28)25-9-6-17(7-10-25)26-8-2-3-14(13-26)18(27)24-16-4-5-16/h11-12,14,16-17H,2-10,13H2,1H3,(H,24,27)(H,21,22,23)/t14-/m0/s1. The second-order valence-electron chi connectivity index (χ2n) is 8.19. The van der Waals surface area contributed by atoms with E-state index in [1.807, 2.05) is 4.90 Å². The molecule has 4 rings (SSSR count). The van der Waals surface area contributed by atoms with Crippen molar-refractivity contribution >= 4 is 17.8 Å². The molecule has 0 bridgehead atoms. The van der Waals surface area contributed by atoms with Crippen molar-refractivity contribution in [3.05, 3.63) is 18.0 Å². The van der Waals surface area contributed by atoms with Gasteiger partial charge in [0.15, 0.2) is 0 Å². The van der Waals surface area contributed by atoms with Crippen molar-refractivity contribution in [1.29, 1.82) is 0 Å². The summed E-state index contributed by atoms with van der Waals surface area (Å²) in [6.07, 6.45) is 9.43. The van der Waals surface area contributed by atoms with E-state index in [1.165, 1.54) is 0 Å². The average molecular weight is 387 g/mol. The van der Waals surface area contributed by atoms with Gasteiger partial charge in [0.25, 0.3) is 5.91 Å². The van der Waals surface area contributed by atoms with Crippen molar-refractivity contribution in [3.8, 4) is 0 Å². The molecule has 2 N–H and O–H groups in total. The minimum atomic E-state index is 0.00133. The zero-order chi connectivity index (χ0) is 19.5. The van der Waals surface area contributed by atoms with E-state index in [2.05, 4.69) is 25.5 Å². The number of hydrogen-bond donors (Lipinski definition) is 2. The van der Waals surface area contributed by atoms with Crippen LogP contribution in [0.2, 0.25) is 0 Å². The smallest absolute Gasteiger partial charge is 0.256 e. The maximum absolute atomic E-state index is 12.7. The molecule has 152 valence electrons. The van der Waals surface area contributed by atoms with Crippen molar-refractivity contribution in [2.45, 2.75) is 50.6 Å². The molecule has 3 fully saturated rings. The van der Waals surface area contributed by atoms with Crippen LogP contribution in [-0.2, 0) is 4.79 Å². The monoisotopic (exact) mass is 386 g/mol. The molecule has 28 heavy (non-hydrogen) atoms. The summed E-state index contributed by atoms with van der Waals surface area (Å²) in [5.41, 5.74) is 0.534. The Bertz CT molecular complexity index is 697. The van der Waals surface area contributed by atoms with Gasteiger partial charge in [0.1, 0.15) is 0 Å². The number of carbonyl (C=O) groups is 2. The van der Waals surface area contributed by atoms with Crippen molar-refractivity contribution in [3.63, 3.8) is 0 Å². The van der Waals surface area contributed by atoms with Crippen LogP contribution in [0.4, 0.5) is 5.95 Å². The first-order valence-electron chi connectivity index (χ1n) is 10.5. The molecule has 0 aromatic carbocycles. The lowest BCUT2D eigenvalue weighted by molar-refractivity contribution is -0.127. The van der Waals surface area contributed by atoms with Crippen molar-refractivity contribution in [1.82, 2.24) is 25.1 Å². The number of carbonyl (C=O) groups excluding carboxylic acids is 2. The van der Waals surface area contributed by atoms with Gasteiger partial charge in [-0.15, -0.1) is 0 Å². The van der Waals surface area contributed by atoms with Crippen molar-refractivity contribution in [2.75, 3.05) is 38.5 Å². The molecule has 0 spiro atoms. The summed E-state index contributed by atoms with van der Waals surface area (Å²) < 4.78 is 0. The molecule has 2 amide bonds. The molecule has 1 aromatic rings. The van der Waals surface area contributed by atoms with Gasteiger partial charge in [-0.05, 0) is 45.1 Å². The molecule has 8 heteroatoms. The molecule has 3 aliphatic rings. The van der Waals surface area contributed by atoms with Gasteiger partial charge in [0.2, 0.25) is 11.9 Å². The highest BCUT2D eigenvalue weighted by molar-refractivity contribution is 5.93. The van der Waals surface area contributed by atoms with Gasteiger partial charge in [-0.1, -0.05) is 0 Å². The van der Waals surface area contributed by atoms with Crippen LogP contribution in [0, 0.1) is 5.92 Å². The second-order valence-corrected chi connectivity index (χ2v) is 8.19. The van der Waals surface area contributed by atoms with Crippen molar-refractivity contribution < 1.29 is 9.59 Å². The largest absolute Gasteiger partial charge is 0.357 e. The molecule has 2 aliphatic heterocycles. The predicted octanol–water partition coefficient (Wildman–Crippen LogP) is 1.11. The lowest BCUT2D eigenvalue weighted by atomic mass is 9.93. The SMILES string of the molecule is CNc1ncc(C(=O)N2CCC(N3CCC[C@H](C(=O)NC4CC4)C3)CC2)cn1. The van der Waals surface area contributed by atoms with Crippen LogP contribution in [0.5, 0.6) is 0 Å². The van der Waals surface area contributed by atoms with Crippen LogP contribution in [-0.4, -0.2) is 76.9 Å². The average Bonchev–Trinajstić information content (AvgIpc) is 3.57. The number of hydrogen-bond acceptors (Lipinski definition) is 6. The topological polar surface area (TPSA) is 90.5 Å². The number of amides is 2. The zero-order valence-electron chi connectivity index (χ0n) is 16.6. The Labute approximate surface area is 166 Å². The Morgan fingerprint density at radius 2 is 1.75 bits per heavy atom. The fraction of sp³-hybridized carbons (Fsp3) is 0.700. The Hall–Kier alpha value is -2.22. The Morgan fingerprint density at radius 1 is 1.04 bits per heavy atom. The van der Waals surface area contributed by atoms with E-state index in [-0.39, 0.29) is 17.7 Å². The van der Waals surface area contributed by atoms with Gasteiger partial charge in [-0.3, -0.25) is 14.5 Å². The quantitative estimate of drug-likeness (QED) is 0.788.